The van der Waals surface area contributed by atoms with Crippen LogP contribution in [0.3, 0.4) is 0 Å². The smallest absolute Gasteiger partial charge is 0.416 e. The molecule has 0 atom stereocenters. The number of furan rings is 1. The summed E-state index contributed by atoms with van der Waals surface area (Å²) < 4.78 is 43.8. The van der Waals surface area contributed by atoms with Gasteiger partial charge in [-0.05, 0) is 45.0 Å². The molecular weight excluding hydrogens is 337 g/mol. The molecule has 0 spiro atoms. The Morgan fingerprint density at radius 2 is 1.88 bits per heavy atom. The van der Waals surface area contributed by atoms with Crippen LogP contribution < -0.4 is 0 Å². The molecule has 1 N–H and O–H groups in total. The van der Waals surface area contributed by atoms with Crippen LogP contribution in [0.15, 0.2) is 47.4 Å². The highest BCUT2D eigenvalue weighted by molar-refractivity contribution is 5.86. The molecule has 5 nitrogen and oxygen atoms in total. The predicted molar refractivity (Wildman–Crippen MR) is 85.4 cm³/mol. The second-order valence-electron chi connectivity index (χ2n) is 6.32. The molecule has 0 aliphatic rings. The van der Waals surface area contributed by atoms with Gasteiger partial charge in [0.25, 0.3) is 0 Å². The Labute approximate surface area is 141 Å². The summed E-state index contributed by atoms with van der Waals surface area (Å²) >= 11 is 0. The molecule has 0 unspecified atom stereocenters. The fourth-order valence-corrected chi connectivity index (χ4v) is 2.13. The highest BCUT2D eigenvalue weighted by atomic mass is 19.4. The zero-order valence-corrected chi connectivity index (χ0v) is 13.8. The Kier molecular flexibility index (Phi) is 4.92. The second-order valence-corrected chi connectivity index (χ2v) is 6.32. The van der Waals surface area contributed by atoms with Crippen molar-refractivity contribution >= 4 is 16.9 Å². The van der Waals surface area contributed by atoms with E-state index in [2.05, 4.69) is 9.52 Å². The number of fused-ring (bicyclic) bond motifs is 1. The second kappa shape index (κ2) is 6.62. The van der Waals surface area contributed by atoms with E-state index >= 15 is 0 Å². The van der Waals surface area contributed by atoms with Crippen LogP contribution in [0.5, 0.6) is 0 Å². The van der Waals surface area contributed by atoms with Gasteiger partial charge in [-0.3, -0.25) is 4.68 Å². The number of carboxylic acids is 1. The number of rotatable bonds is 1. The number of aromatic carboxylic acids is 1. The van der Waals surface area contributed by atoms with Crippen molar-refractivity contribution in [2.24, 2.45) is 0 Å². The van der Waals surface area contributed by atoms with E-state index in [4.69, 9.17) is 5.11 Å². The standard InChI is InChI=1S/C12H13F3N2.C5H4O3/c1-11(2,3)17-10-5-4-9(12(13,14)15)6-8(10)7-16-17;6-5(7)4-1-2-8-3-4/h4-7H,1-3H3;1-3H,(H,6,7). The molecule has 25 heavy (non-hydrogen) atoms. The van der Waals surface area contributed by atoms with Crippen LogP contribution in [0.2, 0.25) is 0 Å². The predicted octanol–water partition coefficient (Wildman–Crippen LogP) is 4.79. The van der Waals surface area contributed by atoms with Crippen LogP contribution in [-0.4, -0.2) is 20.9 Å². The van der Waals surface area contributed by atoms with Crippen molar-refractivity contribution < 1.29 is 27.5 Å². The molecule has 0 aliphatic carbocycles. The number of benzene rings is 1. The molecule has 2 aromatic heterocycles. The summed E-state index contributed by atoms with van der Waals surface area (Å²) in [6.45, 7) is 5.87. The van der Waals surface area contributed by atoms with Crippen molar-refractivity contribution in [1.82, 2.24) is 9.78 Å². The van der Waals surface area contributed by atoms with E-state index in [1.807, 2.05) is 20.8 Å². The highest BCUT2D eigenvalue weighted by Crippen LogP contribution is 2.32. The lowest BCUT2D eigenvalue weighted by Crippen LogP contribution is -2.22. The summed E-state index contributed by atoms with van der Waals surface area (Å²) in [5.74, 6) is -0.959. The molecule has 0 bridgehead atoms. The third-order valence-corrected chi connectivity index (χ3v) is 3.30. The SMILES string of the molecule is CC(C)(C)n1ncc2cc(C(F)(F)F)ccc21.O=C(O)c1ccoc1. The lowest BCUT2D eigenvalue weighted by atomic mass is 10.1. The first kappa shape index (κ1) is 18.6. The fraction of sp³-hybridized carbons (Fsp3) is 0.294. The minimum Gasteiger partial charge on any atom is -0.478 e. The normalized spacial score (nSPS) is 11.9. The molecule has 2 heterocycles. The van der Waals surface area contributed by atoms with Gasteiger partial charge in [0, 0.05) is 5.39 Å². The Morgan fingerprint density at radius 3 is 2.32 bits per heavy atom. The monoisotopic (exact) mass is 354 g/mol. The van der Waals surface area contributed by atoms with Crippen LogP contribution in [0.25, 0.3) is 10.9 Å². The highest BCUT2D eigenvalue weighted by Gasteiger charge is 2.31. The third kappa shape index (κ3) is 4.40. The molecule has 0 amide bonds. The third-order valence-electron chi connectivity index (χ3n) is 3.30. The quantitative estimate of drug-likeness (QED) is 0.682. The van der Waals surface area contributed by atoms with Crippen molar-refractivity contribution in [2.75, 3.05) is 0 Å². The molecule has 134 valence electrons. The summed E-state index contributed by atoms with van der Waals surface area (Å²) in [6, 6.07) is 5.08. The molecule has 0 radical (unpaired) electrons. The first-order valence-electron chi connectivity index (χ1n) is 7.31. The van der Waals surface area contributed by atoms with Gasteiger partial charge >= 0.3 is 12.1 Å². The van der Waals surface area contributed by atoms with E-state index in [1.54, 1.807) is 4.68 Å². The van der Waals surface area contributed by atoms with Gasteiger partial charge in [0.05, 0.1) is 34.6 Å². The number of carboxylic acid groups (broad SMARTS) is 1. The molecule has 0 saturated heterocycles. The van der Waals surface area contributed by atoms with Crippen LogP contribution in [0, 0.1) is 0 Å². The summed E-state index contributed by atoms with van der Waals surface area (Å²) in [7, 11) is 0. The van der Waals surface area contributed by atoms with Crippen LogP contribution in [0.4, 0.5) is 13.2 Å². The van der Waals surface area contributed by atoms with Crippen LogP contribution in [-0.2, 0) is 11.7 Å². The average Bonchev–Trinajstić information content (AvgIpc) is 3.15. The first-order chi connectivity index (χ1) is 11.5. The van der Waals surface area contributed by atoms with Gasteiger partial charge in [-0.15, -0.1) is 0 Å². The number of aromatic nitrogens is 2. The Hall–Kier alpha value is -2.77. The molecule has 0 aliphatic heterocycles. The number of nitrogens with zero attached hydrogens (tertiary/aromatic N) is 2. The lowest BCUT2D eigenvalue weighted by Gasteiger charge is -2.20. The Balaban J connectivity index is 0.000000236. The molecule has 0 saturated carbocycles. The van der Waals surface area contributed by atoms with E-state index in [9.17, 15) is 18.0 Å². The molecule has 0 fully saturated rings. The summed E-state index contributed by atoms with van der Waals surface area (Å²) in [6.07, 6.45) is -0.334. The van der Waals surface area contributed by atoms with Crippen molar-refractivity contribution in [3.8, 4) is 0 Å². The summed E-state index contributed by atoms with van der Waals surface area (Å²) in [5.41, 5.74) is 0.00978. The minimum absolute atomic E-state index is 0.185. The Morgan fingerprint density at radius 1 is 1.20 bits per heavy atom. The van der Waals surface area contributed by atoms with E-state index < -0.39 is 17.7 Å². The van der Waals surface area contributed by atoms with Crippen molar-refractivity contribution in [1.29, 1.82) is 0 Å². The van der Waals surface area contributed by atoms with Gasteiger partial charge in [0.1, 0.15) is 6.26 Å². The van der Waals surface area contributed by atoms with Crippen LogP contribution >= 0.6 is 0 Å². The molecule has 1 aromatic carbocycles. The van der Waals surface area contributed by atoms with Gasteiger partial charge in [0.15, 0.2) is 0 Å². The van der Waals surface area contributed by atoms with Crippen molar-refractivity contribution in [3.63, 3.8) is 0 Å². The van der Waals surface area contributed by atoms with Crippen LogP contribution in [0.1, 0.15) is 36.7 Å². The largest absolute Gasteiger partial charge is 0.478 e. The number of alkyl halides is 3. The lowest BCUT2D eigenvalue weighted by molar-refractivity contribution is -0.137. The topological polar surface area (TPSA) is 68.3 Å². The number of hydrogen-bond acceptors (Lipinski definition) is 3. The zero-order chi connectivity index (χ0) is 18.8. The number of carbonyl (C=O) groups is 1. The Bertz CT molecular complexity index is 860. The number of hydrogen-bond donors (Lipinski definition) is 1. The van der Waals surface area contributed by atoms with E-state index in [0.29, 0.717) is 10.9 Å². The maximum Gasteiger partial charge on any atom is 0.416 e. The molecule has 3 rings (SSSR count). The molecule has 3 aromatic rings. The van der Waals surface area contributed by atoms with Gasteiger partial charge in [-0.1, -0.05) is 0 Å². The van der Waals surface area contributed by atoms with Gasteiger partial charge in [-0.2, -0.15) is 18.3 Å². The summed E-state index contributed by atoms with van der Waals surface area (Å²) in [5, 5.41) is 12.9. The van der Waals surface area contributed by atoms with Crippen molar-refractivity contribution in [2.45, 2.75) is 32.5 Å². The van der Waals surface area contributed by atoms with E-state index in [1.165, 1.54) is 30.9 Å². The van der Waals surface area contributed by atoms with Gasteiger partial charge in [0.2, 0.25) is 0 Å². The maximum absolute atomic E-state index is 12.5. The minimum atomic E-state index is -4.31. The maximum atomic E-state index is 12.5. The zero-order valence-electron chi connectivity index (χ0n) is 13.8. The van der Waals surface area contributed by atoms with E-state index in [-0.39, 0.29) is 11.1 Å². The fourth-order valence-electron chi connectivity index (χ4n) is 2.13. The number of halogens is 3. The van der Waals surface area contributed by atoms with E-state index in [0.717, 1.165) is 12.1 Å². The molecular formula is C17H17F3N2O3. The van der Waals surface area contributed by atoms with Crippen molar-refractivity contribution in [3.05, 3.63) is 54.1 Å². The van der Waals surface area contributed by atoms with Gasteiger partial charge in [-0.25, -0.2) is 4.79 Å². The first-order valence-corrected chi connectivity index (χ1v) is 7.31. The molecule has 8 heteroatoms. The van der Waals surface area contributed by atoms with Gasteiger partial charge < -0.3 is 9.52 Å². The summed E-state index contributed by atoms with van der Waals surface area (Å²) in [4.78, 5) is 10.0. The average molecular weight is 354 g/mol.